The second kappa shape index (κ2) is 9.34. The summed E-state index contributed by atoms with van der Waals surface area (Å²) in [4.78, 5) is 25.1. The molecule has 0 heterocycles. The number of ether oxygens (including phenoxy) is 2. The molecule has 0 unspecified atom stereocenters. The van der Waals surface area contributed by atoms with E-state index in [0.29, 0.717) is 22.0 Å². The quantitative estimate of drug-likeness (QED) is 0.575. The highest BCUT2D eigenvalue weighted by atomic mass is 35.5. The van der Waals surface area contributed by atoms with Gasteiger partial charge in [0.2, 0.25) is 0 Å². The molecule has 0 saturated heterocycles. The van der Waals surface area contributed by atoms with E-state index in [-0.39, 0.29) is 0 Å². The Kier molecular flexibility index (Phi) is 7.16. The van der Waals surface area contributed by atoms with Crippen molar-refractivity contribution in [3.63, 3.8) is 0 Å². The summed E-state index contributed by atoms with van der Waals surface area (Å²) in [5.74, 6) is 0.285. The molecule has 0 aliphatic carbocycles. The first-order valence-electron chi connectivity index (χ1n) is 7.57. The van der Waals surface area contributed by atoms with Gasteiger partial charge in [-0.15, -0.1) is 11.8 Å². The highest BCUT2D eigenvalue weighted by molar-refractivity contribution is 7.99. The van der Waals surface area contributed by atoms with Crippen molar-refractivity contribution in [1.29, 1.82) is 0 Å². The van der Waals surface area contributed by atoms with E-state index in [1.165, 1.54) is 7.11 Å². The summed E-state index contributed by atoms with van der Waals surface area (Å²) in [7, 11) is 1.49. The molecule has 0 radical (unpaired) electrons. The number of halogens is 1. The summed E-state index contributed by atoms with van der Waals surface area (Å²) >= 11 is 7.46. The zero-order chi connectivity index (χ0) is 18.2. The van der Waals surface area contributed by atoms with Crippen LogP contribution in [0, 0.1) is 0 Å². The van der Waals surface area contributed by atoms with Gasteiger partial charge < -0.3 is 14.8 Å². The number of carbonyl (C=O) groups is 2. The fourth-order valence-corrected chi connectivity index (χ4v) is 3.05. The zero-order valence-corrected chi connectivity index (χ0v) is 15.4. The summed E-state index contributed by atoms with van der Waals surface area (Å²) in [5, 5.41) is 3.08. The topological polar surface area (TPSA) is 64.6 Å². The van der Waals surface area contributed by atoms with Crippen molar-refractivity contribution >= 4 is 40.9 Å². The standard InChI is InChI=1S/C18H18ClNO4S/c1-3-25-16-7-5-4-6-13(16)18(22)24-11-17(21)20-14-10-12(19)8-9-15(14)23-2/h4-10H,3,11H2,1-2H3,(H,20,21). The van der Waals surface area contributed by atoms with Crippen LogP contribution >= 0.6 is 23.4 Å². The number of thioether (sulfide) groups is 1. The van der Waals surface area contributed by atoms with Crippen molar-refractivity contribution in [3.8, 4) is 5.75 Å². The average molecular weight is 380 g/mol. The third-order valence-electron chi connectivity index (χ3n) is 3.18. The first-order chi connectivity index (χ1) is 12.0. The molecule has 2 aromatic rings. The van der Waals surface area contributed by atoms with Crippen molar-refractivity contribution in [3.05, 3.63) is 53.1 Å². The lowest BCUT2D eigenvalue weighted by Crippen LogP contribution is -2.21. The Morgan fingerprint density at radius 2 is 1.96 bits per heavy atom. The van der Waals surface area contributed by atoms with E-state index in [0.717, 1.165) is 10.6 Å². The zero-order valence-electron chi connectivity index (χ0n) is 13.9. The predicted octanol–water partition coefficient (Wildman–Crippen LogP) is 4.26. The molecule has 0 aliphatic rings. The van der Waals surface area contributed by atoms with Gasteiger partial charge in [0.1, 0.15) is 5.75 Å². The molecule has 2 rings (SSSR count). The van der Waals surface area contributed by atoms with Crippen LogP contribution in [0.3, 0.4) is 0 Å². The Hall–Kier alpha value is -2.18. The Labute approximate surface area is 155 Å². The molecule has 1 amide bonds. The van der Waals surface area contributed by atoms with Crippen LogP contribution in [-0.4, -0.2) is 31.3 Å². The van der Waals surface area contributed by atoms with E-state index in [1.807, 2.05) is 19.1 Å². The lowest BCUT2D eigenvalue weighted by Gasteiger charge is -2.11. The number of hydrogen-bond donors (Lipinski definition) is 1. The molecule has 0 atom stereocenters. The van der Waals surface area contributed by atoms with E-state index >= 15 is 0 Å². The maximum atomic E-state index is 12.2. The predicted molar refractivity (Wildman–Crippen MR) is 99.8 cm³/mol. The molecular formula is C18H18ClNO4S. The van der Waals surface area contributed by atoms with Crippen LogP contribution in [0.5, 0.6) is 5.75 Å². The van der Waals surface area contributed by atoms with Gasteiger partial charge >= 0.3 is 5.97 Å². The smallest absolute Gasteiger partial charge is 0.339 e. The minimum absolute atomic E-state index is 0.403. The third kappa shape index (κ3) is 5.41. The largest absolute Gasteiger partial charge is 0.495 e. The van der Waals surface area contributed by atoms with E-state index < -0.39 is 18.5 Å². The molecule has 0 fully saturated rings. The average Bonchev–Trinajstić information content (AvgIpc) is 2.61. The molecule has 132 valence electrons. The highest BCUT2D eigenvalue weighted by Crippen LogP contribution is 2.27. The second-order valence-electron chi connectivity index (χ2n) is 4.90. The van der Waals surface area contributed by atoms with Crippen LogP contribution in [0.25, 0.3) is 0 Å². The van der Waals surface area contributed by atoms with Gasteiger partial charge in [-0.3, -0.25) is 4.79 Å². The van der Waals surface area contributed by atoms with Crippen molar-refractivity contribution in [2.45, 2.75) is 11.8 Å². The van der Waals surface area contributed by atoms with Crippen LogP contribution in [0.2, 0.25) is 5.02 Å². The molecule has 1 N–H and O–H groups in total. The van der Waals surface area contributed by atoms with E-state index in [9.17, 15) is 9.59 Å². The molecule has 0 saturated carbocycles. The Bertz CT molecular complexity index is 766. The number of benzene rings is 2. The molecule has 0 aliphatic heterocycles. The molecule has 0 aromatic heterocycles. The van der Waals surface area contributed by atoms with Gasteiger partial charge in [-0.25, -0.2) is 4.79 Å². The van der Waals surface area contributed by atoms with Gasteiger partial charge in [-0.05, 0) is 36.1 Å². The van der Waals surface area contributed by atoms with E-state index in [1.54, 1.807) is 42.1 Å². The van der Waals surface area contributed by atoms with Crippen molar-refractivity contribution in [2.75, 3.05) is 24.8 Å². The van der Waals surface area contributed by atoms with Gasteiger partial charge in [-0.2, -0.15) is 0 Å². The van der Waals surface area contributed by atoms with E-state index in [4.69, 9.17) is 21.1 Å². The summed E-state index contributed by atoms with van der Waals surface area (Å²) in [5.41, 5.74) is 0.862. The number of carbonyl (C=O) groups excluding carboxylic acids is 2. The van der Waals surface area contributed by atoms with Gasteiger partial charge in [0, 0.05) is 9.92 Å². The van der Waals surface area contributed by atoms with Gasteiger partial charge in [0.05, 0.1) is 18.4 Å². The van der Waals surface area contributed by atoms with Crippen LogP contribution < -0.4 is 10.1 Å². The lowest BCUT2D eigenvalue weighted by molar-refractivity contribution is -0.119. The summed E-state index contributed by atoms with van der Waals surface area (Å²) in [6.07, 6.45) is 0. The maximum Gasteiger partial charge on any atom is 0.339 e. The third-order valence-corrected chi connectivity index (χ3v) is 4.37. The number of esters is 1. The van der Waals surface area contributed by atoms with Crippen molar-refractivity contribution in [1.82, 2.24) is 0 Å². The molecule has 25 heavy (non-hydrogen) atoms. The van der Waals surface area contributed by atoms with Crippen molar-refractivity contribution in [2.24, 2.45) is 0 Å². The molecule has 0 spiro atoms. The Morgan fingerprint density at radius 1 is 1.20 bits per heavy atom. The normalized spacial score (nSPS) is 10.2. The minimum Gasteiger partial charge on any atom is -0.495 e. The lowest BCUT2D eigenvalue weighted by atomic mass is 10.2. The summed E-state index contributed by atoms with van der Waals surface area (Å²) in [6.45, 7) is 1.60. The fourth-order valence-electron chi connectivity index (χ4n) is 2.09. The fraction of sp³-hybridized carbons (Fsp3) is 0.222. The first kappa shape index (κ1) is 19.1. The summed E-state index contributed by atoms with van der Waals surface area (Å²) < 4.78 is 10.3. The number of methoxy groups -OCH3 is 1. The minimum atomic E-state index is -0.537. The first-order valence-corrected chi connectivity index (χ1v) is 8.93. The van der Waals surface area contributed by atoms with E-state index in [2.05, 4.69) is 5.32 Å². The van der Waals surface area contributed by atoms with Crippen LogP contribution in [0.1, 0.15) is 17.3 Å². The Morgan fingerprint density at radius 3 is 2.68 bits per heavy atom. The van der Waals surface area contributed by atoms with Crippen LogP contribution in [0.15, 0.2) is 47.4 Å². The van der Waals surface area contributed by atoms with Crippen LogP contribution in [0.4, 0.5) is 5.69 Å². The number of anilines is 1. The Balaban J connectivity index is 1.98. The van der Waals surface area contributed by atoms with Crippen molar-refractivity contribution < 1.29 is 19.1 Å². The molecule has 7 heteroatoms. The number of amides is 1. The van der Waals surface area contributed by atoms with Gasteiger partial charge in [-0.1, -0.05) is 30.7 Å². The molecule has 2 aromatic carbocycles. The SMILES string of the molecule is CCSc1ccccc1C(=O)OCC(=O)Nc1cc(Cl)ccc1OC. The van der Waals surface area contributed by atoms with Gasteiger partial charge in [0.15, 0.2) is 6.61 Å². The highest BCUT2D eigenvalue weighted by Gasteiger charge is 2.15. The number of nitrogens with one attached hydrogen (secondary N) is 1. The monoisotopic (exact) mass is 379 g/mol. The number of hydrogen-bond acceptors (Lipinski definition) is 5. The van der Waals surface area contributed by atoms with Gasteiger partial charge in [0.25, 0.3) is 5.91 Å². The molecular weight excluding hydrogens is 362 g/mol. The molecule has 0 bridgehead atoms. The maximum absolute atomic E-state index is 12.2. The second-order valence-corrected chi connectivity index (χ2v) is 6.64. The molecule has 5 nitrogen and oxygen atoms in total. The summed E-state index contributed by atoms with van der Waals surface area (Å²) in [6, 6.07) is 12.0. The number of rotatable bonds is 7. The van der Waals surface area contributed by atoms with Crippen LogP contribution in [-0.2, 0) is 9.53 Å².